The molecule has 1 unspecified atom stereocenters. The molecule has 0 bridgehead atoms. The third kappa shape index (κ3) is 7.90. The van der Waals surface area contributed by atoms with E-state index in [1.54, 1.807) is 19.0 Å². The topological polar surface area (TPSA) is 78.9 Å². The number of nitrogens with zero attached hydrogens (tertiary/aromatic N) is 1. The highest BCUT2D eigenvalue weighted by atomic mass is 16.5. The van der Waals surface area contributed by atoms with E-state index in [9.17, 15) is 9.59 Å². The normalized spacial score (nSPS) is 12.5. The SMILES string of the molecule is COC(CNC(=O)CN(C)C)CC(=O)O. The summed E-state index contributed by atoms with van der Waals surface area (Å²) in [7, 11) is 4.99. The maximum absolute atomic E-state index is 11.2. The predicted octanol–water partition coefficient (Wildman–Crippen LogP) is -0.846. The first-order valence-corrected chi connectivity index (χ1v) is 4.61. The first-order chi connectivity index (χ1) is 6.95. The molecular weight excluding hydrogens is 200 g/mol. The van der Waals surface area contributed by atoms with Crippen molar-refractivity contribution in [2.24, 2.45) is 0 Å². The van der Waals surface area contributed by atoms with E-state index in [0.717, 1.165) is 0 Å². The predicted molar refractivity (Wildman–Crippen MR) is 54.6 cm³/mol. The average molecular weight is 218 g/mol. The number of carboxylic acid groups (broad SMARTS) is 1. The number of aliphatic carboxylic acids is 1. The van der Waals surface area contributed by atoms with Gasteiger partial charge < -0.3 is 20.1 Å². The number of carbonyl (C=O) groups is 2. The second kappa shape index (κ2) is 7.19. The summed E-state index contributed by atoms with van der Waals surface area (Å²) in [5.41, 5.74) is 0. The molecule has 0 rings (SSSR count). The lowest BCUT2D eigenvalue weighted by molar-refractivity contribution is -0.140. The number of hydrogen-bond acceptors (Lipinski definition) is 4. The largest absolute Gasteiger partial charge is 0.481 e. The molecule has 1 atom stereocenters. The molecule has 0 saturated heterocycles. The maximum atomic E-state index is 11.2. The van der Waals surface area contributed by atoms with Gasteiger partial charge in [-0.2, -0.15) is 0 Å². The van der Waals surface area contributed by atoms with Crippen LogP contribution in [0.15, 0.2) is 0 Å². The van der Waals surface area contributed by atoms with Gasteiger partial charge in [-0.1, -0.05) is 0 Å². The zero-order valence-electron chi connectivity index (χ0n) is 9.32. The van der Waals surface area contributed by atoms with Crippen LogP contribution in [0.3, 0.4) is 0 Å². The summed E-state index contributed by atoms with van der Waals surface area (Å²) in [5, 5.41) is 11.1. The van der Waals surface area contributed by atoms with Gasteiger partial charge in [0.1, 0.15) is 0 Å². The molecule has 6 heteroatoms. The number of likely N-dealkylation sites (N-methyl/N-ethyl adjacent to an activating group) is 1. The molecule has 0 heterocycles. The van der Waals surface area contributed by atoms with Crippen LogP contribution in [0.1, 0.15) is 6.42 Å². The van der Waals surface area contributed by atoms with Crippen molar-refractivity contribution < 1.29 is 19.4 Å². The number of carbonyl (C=O) groups excluding carboxylic acids is 1. The Hall–Kier alpha value is -1.14. The second-order valence-electron chi connectivity index (χ2n) is 3.50. The minimum atomic E-state index is -0.941. The van der Waals surface area contributed by atoms with Crippen molar-refractivity contribution >= 4 is 11.9 Å². The van der Waals surface area contributed by atoms with Gasteiger partial charge in [0.2, 0.25) is 5.91 Å². The van der Waals surface area contributed by atoms with Crippen molar-refractivity contribution in [2.75, 3.05) is 34.3 Å². The maximum Gasteiger partial charge on any atom is 0.306 e. The number of rotatable bonds is 7. The van der Waals surface area contributed by atoms with E-state index >= 15 is 0 Å². The molecule has 0 aromatic carbocycles. The summed E-state index contributed by atoms with van der Waals surface area (Å²) in [4.78, 5) is 23.3. The molecule has 0 radical (unpaired) electrons. The Kier molecular flexibility index (Phi) is 6.64. The van der Waals surface area contributed by atoms with Gasteiger partial charge in [0.25, 0.3) is 0 Å². The van der Waals surface area contributed by atoms with Crippen molar-refractivity contribution in [1.82, 2.24) is 10.2 Å². The molecule has 0 saturated carbocycles. The van der Waals surface area contributed by atoms with Gasteiger partial charge in [0.15, 0.2) is 0 Å². The van der Waals surface area contributed by atoms with Crippen LogP contribution in [0.5, 0.6) is 0 Å². The Morgan fingerprint density at radius 1 is 1.47 bits per heavy atom. The summed E-state index contributed by atoms with van der Waals surface area (Å²) < 4.78 is 4.91. The molecule has 88 valence electrons. The second-order valence-corrected chi connectivity index (χ2v) is 3.50. The van der Waals surface area contributed by atoms with Crippen LogP contribution >= 0.6 is 0 Å². The van der Waals surface area contributed by atoms with Crippen LogP contribution in [0.25, 0.3) is 0 Å². The molecule has 0 aromatic rings. The fraction of sp³-hybridized carbons (Fsp3) is 0.778. The van der Waals surface area contributed by atoms with E-state index in [1.165, 1.54) is 7.11 Å². The molecule has 15 heavy (non-hydrogen) atoms. The van der Waals surface area contributed by atoms with Gasteiger partial charge in [0.05, 0.1) is 19.1 Å². The smallest absolute Gasteiger partial charge is 0.306 e. The number of ether oxygens (including phenoxy) is 1. The Morgan fingerprint density at radius 2 is 2.07 bits per heavy atom. The van der Waals surface area contributed by atoms with Crippen LogP contribution in [0.2, 0.25) is 0 Å². The van der Waals surface area contributed by atoms with Crippen LogP contribution in [-0.2, 0) is 14.3 Å². The monoisotopic (exact) mass is 218 g/mol. The van der Waals surface area contributed by atoms with Gasteiger partial charge in [-0.25, -0.2) is 0 Å². The molecular formula is C9H18N2O4. The van der Waals surface area contributed by atoms with Gasteiger partial charge >= 0.3 is 5.97 Å². The van der Waals surface area contributed by atoms with E-state index in [0.29, 0.717) is 0 Å². The third-order valence-corrected chi connectivity index (χ3v) is 1.72. The zero-order chi connectivity index (χ0) is 11.8. The van der Waals surface area contributed by atoms with Crippen LogP contribution in [0, 0.1) is 0 Å². The Balaban J connectivity index is 3.79. The molecule has 0 spiro atoms. The zero-order valence-corrected chi connectivity index (χ0v) is 9.32. The van der Waals surface area contributed by atoms with E-state index in [2.05, 4.69) is 5.32 Å². The number of amides is 1. The summed E-state index contributed by atoms with van der Waals surface area (Å²) in [6.45, 7) is 0.499. The highest BCUT2D eigenvalue weighted by Gasteiger charge is 2.13. The third-order valence-electron chi connectivity index (χ3n) is 1.72. The van der Waals surface area contributed by atoms with Gasteiger partial charge in [-0.3, -0.25) is 9.59 Å². The van der Waals surface area contributed by atoms with E-state index in [1.807, 2.05) is 0 Å². The fourth-order valence-corrected chi connectivity index (χ4v) is 1.00. The summed E-state index contributed by atoms with van der Waals surface area (Å²) in [6.07, 6.45) is -0.590. The molecule has 0 fully saturated rings. The van der Waals surface area contributed by atoms with Crippen LogP contribution in [-0.4, -0.2) is 62.3 Å². The minimum absolute atomic E-state index is 0.112. The molecule has 0 aliphatic carbocycles. The number of nitrogens with one attached hydrogen (secondary N) is 1. The van der Waals surface area contributed by atoms with Crippen molar-refractivity contribution in [2.45, 2.75) is 12.5 Å². The summed E-state index contributed by atoms with van der Waals surface area (Å²) >= 11 is 0. The van der Waals surface area contributed by atoms with Gasteiger partial charge in [-0.15, -0.1) is 0 Å². The van der Waals surface area contributed by atoms with Crippen molar-refractivity contribution in [3.63, 3.8) is 0 Å². The van der Waals surface area contributed by atoms with Crippen molar-refractivity contribution in [3.8, 4) is 0 Å². The lowest BCUT2D eigenvalue weighted by Gasteiger charge is -2.15. The first kappa shape index (κ1) is 13.9. The van der Waals surface area contributed by atoms with Crippen molar-refractivity contribution in [1.29, 1.82) is 0 Å². The molecule has 0 aromatic heterocycles. The Bertz CT molecular complexity index is 218. The summed E-state index contributed by atoms with van der Waals surface area (Å²) in [5.74, 6) is -1.09. The lowest BCUT2D eigenvalue weighted by Crippen LogP contribution is -2.39. The molecule has 0 aliphatic rings. The number of hydrogen-bond donors (Lipinski definition) is 2. The standard InChI is InChI=1S/C9H18N2O4/c1-11(2)6-8(12)10-5-7(15-3)4-9(13)14/h7H,4-6H2,1-3H3,(H,10,12)(H,13,14). The van der Waals surface area contributed by atoms with Gasteiger partial charge in [0, 0.05) is 13.7 Å². The lowest BCUT2D eigenvalue weighted by atomic mass is 10.2. The minimum Gasteiger partial charge on any atom is -0.481 e. The number of carboxylic acids is 1. The molecule has 2 N–H and O–H groups in total. The first-order valence-electron chi connectivity index (χ1n) is 4.61. The Labute approximate surface area is 89.2 Å². The van der Waals surface area contributed by atoms with Crippen LogP contribution in [0.4, 0.5) is 0 Å². The Morgan fingerprint density at radius 3 is 2.47 bits per heavy atom. The molecule has 1 amide bonds. The van der Waals surface area contributed by atoms with Crippen molar-refractivity contribution in [3.05, 3.63) is 0 Å². The molecule has 6 nitrogen and oxygen atoms in total. The van der Waals surface area contributed by atoms with E-state index in [4.69, 9.17) is 9.84 Å². The highest BCUT2D eigenvalue weighted by Crippen LogP contribution is 1.95. The average Bonchev–Trinajstić information content (AvgIpc) is 2.10. The van der Waals surface area contributed by atoms with Gasteiger partial charge in [-0.05, 0) is 14.1 Å². The quantitative estimate of drug-likeness (QED) is 0.582. The summed E-state index contributed by atoms with van der Waals surface area (Å²) in [6, 6.07) is 0. The molecule has 0 aliphatic heterocycles. The van der Waals surface area contributed by atoms with E-state index in [-0.39, 0.29) is 25.4 Å². The highest BCUT2D eigenvalue weighted by molar-refractivity contribution is 5.78. The fourth-order valence-electron chi connectivity index (χ4n) is 1.00. The van der Waals surface area contributed by atoms with E-state index < -0.39 is 12.1 Å². The number of methoxy groups -OCH3 is 1. The van der Waals surface area contributed by atoms with Crippen LogP contribution < -0.4 is 5.32 Å².